The Hall–Kier alpha value is -2.49. The van der Waals surface area contributed by atoms with Crippen molar-refractivity contribution in [2.45, 2.75) is 26.8 Å². The molecule has 4 heteroatoms. The zero-order valence-electron chi connectivity index (χ0n) is 13.2. The van der Waals surface area contributed by atoms with Gasteiger partial charge in [-0.3, -0.25) is 4.79 Å². The smallest absolute Gasteiger partial charge is 0.221 e. The second kappa shape index (κ2) is 7.50. The maximum atomic E-state index is 11.1. The lowest BCUT2D eigenvalue weighted by Gasteiger charge is -2.17. The van der Waals surface area contributed by atoms with Gasteiger partial charge in [0.05, 0.1) is 6.61 Å². The van der Waals surface area contributed by atoms with Gasteiger partial charge in [-0.05, 0) is 49.7 Å². The van der Waals surface area contributed by atoms with E-state index in [1.807, 2.05) is 43.3 Å². The topological polar surface area (TPSA) is 50.4 Å². The lowest BCUT2D eigenvalue weighted by molar-refractivity contribution is -0.114. The van der Waals surface area contributed by atoms with E-state index in [0.29, 0.717) is 6.61 Å². The molecule has 2 aromatic carbocycles. The van der Waals surface area contributed by atoms with Gasteiger partial charge in [-0.2, -0.15) is 0 Å². The first-order valence-corrected chi connectivity index (χ1v) is 7.45. The first-order chi connectivity index (χ1) is 10.6. The SMILES string of the molecule is CCOc1ccc(C(C)Nc2cccc(NC(C)=O)c2)cc1. The Kier molecular flexibility index (Phi) is 5.42. The molecule has 0 saturated heterocycles. The standard InChI is InChI=1S/C18H22N2O2/c1-4-22-18-10-8-15(9-11-18)13(2)19-16-6-5-7-17(12-16)20-14(3)21/h5-13,19H,4H2,1-3H3,(H,20,21). The normalized spacial score (nSPS) is 11.6. The predicted octanol–water partition coefficient (Wildman–Crippen LogP) is 4.22. The predicted molar refractivity (Wildman–Crippen MR) is 90.4 cm³/mol. The molecule has 1 unspecified atom stereocenters. The van der Waals surface area contributed by atoms with Crippen LogP contribution in [0.1, 0.15) is 32.4 Å². The summed E-state index contributed by atoms with van der Waals surface area (Å²) in [7, 11) is 0. The molecule has 1 atom stereocenters. The fourth-order valence-electron chi connectivity index (χ4n) is 2.24. The maximum absolute atomic E-state index is 11.1. The lowest BCUT2D eigenvalue weighted by Crippen LogP contribution is -2.08. The molecule has 0 fully saturated rings. The third-order valence-corrected chi connectivity index (χ3v) is 3.26. The van der Waals surface area contributed by atoms with Gasteiger partial charge >= 0.3 is 0 Å². The van der Waals surface area contributed by atoms with Crippen LogP contribution in [-0.2, 0) is 4.79 Å². The summed E-state index contributed by atoms with van der Waals surface area (Å²) in [5.41, 5.74) is 2.93. The van der Waals surface area contributed by atoms with Gasteiger partial charge in [0.15, 0.2) is 0 Å². The zero-order chi connectivity index (χ0) is 15.9. The van der Waals surface area contributed by atoms with Crippen LogP contribution >= 0.6 is 0 Å². The number of carbonyl (C=O) groups is 1. The molecule has 0 bridgehead atoms. The molecule has 0 aliphatic carbocycles. The van der Waals surface area contributed by atoms with Crippen molar-refractivity contribution < 1.29 is 9.53 Å². The fourth-order valence-corrected chi connectivity index (χ4v) is 2.24. The van der Waals surface area contributed by atoms with Gasteiger partial charge in [0.1, 0.15) is 5.75 Å². The molecular formula is C18H22N2O2. The van der Waals surface area contributed by atoms with Crippen LogP contribution in [-0.4, -0.2) is 12.5 Å². The Balaban J connectivity index is 2.04. The summed E-state index contributed by atoms with van der Waals surface area (Å²) in [5.74, 6) is 0.808. The molecule has 0 heterocycles. The number of nitrogens with one attached hydrogen (secondary N) is 2. The Bertz CT molecular complexity index is 623. The van der Waals surface area contributed by atoms with E-state index in [2.05, 4.69) is 29.7 Å². The van der Waals surface area contributed by atoms with Crippen LogP contribution in [0.4, 0.5) is 11.4 Å². The van der Waals surface area contributed by atoms with Crippen LogP contribution in [0.2, 0.25) is 0 Å². The molecule has 1 amide bonds. The van der Waals surface area contributed by atoms with Crippen LogP contribution in [0.3, 0.4) is 0 Å². The zero-order valence-corrected chi connectivity index (χ0v) is 13.2. The van der Waals surface area contributed by atoms with E-state index in [4.69, 9.17) is 4.74 Å². The van der Waals surface area contributed by atoms with E-state index < -0.39 is 0 Å². The molecule has 0 aromatic heterocycles. The van der Waals surface area contributed by atoms with Gasteiger partial charge in [-0.15, -0.1) is 0 Å². The van der Waals surface area contributed by atoms with Crippen molar-refractivity contribution in [3.8, 4) is 5.75 Å². The van der Waals surface area contributed by atoms with Gasteiger partial charge in [0, 0.05) is 24.3 Å². The molecule has 0 saturated carbocycles. The summed E-state index contributed by atoms with van der Waals surface area (Å²) >= 11 is 0. The van der Waals surface area contributed by atoms with Crippen LogP contribution in [0.25, 0.3) is 0 Å². The Morgan fingerprint density at radius 3 is 2.45 bits per heavy atom. The van der Waals surface area contributed by atoms with Crippen molar-refractivity contribution in [2.24, 2.45) is 0 Å². The number of amides is 1. The van der Waals surface area contributed by atoms with Crippen molar-refractivity contribution in [2.75, 3.05) is 17.2 Å². The second-order valence-electron chi connectivity index (χ2n) is 5.13. The minimum atomic E-state index is -0.0725. The first-order valence-electron chi connectivity index (χ1n) is 7.45. The molecule has 2 N–H and O–H groups in total. The number of benzene rings is 2. The van der Waals surface area contributed by atoms with Gasteiger partial charge in [0.2, 0.25) is 5.91 Å². The molecule has 4 nitrogen and oxygen atoms in total. The van der Waals surface area contributed by atoms with E-state index in [0.717, 1.165) is 17.1 Å². The molecular weight excluding hydrogens is 276 g/mol. The second-order valence-corrected chi connectivity index (χ2v) is 5.13. The highest BCUT2D eigenvalue weighted by molar-refractivity contribution is 5.89. The molecule has 0 aliphatic heterocycles. The first kappa shape index (κ1) is 15.9. The van der Waals surface area contributed by atoms with E-state index in [9.17, 15) is 4.79 Å². The summed E-state index contributed by atoms with van der Waals surface area (Å²) < 4.78 is 5.45. The number of anilines is 2. The highest BCUT2D eigenvalue weighted by atomic mass is 16.5. The van der Waals surface area contributed by atoms with E-state index in [1.54, 1.807) is 0 Å². The van der Waals surface area contributed by atoms with Gasteiger partial charge in [0.25, 0.3) is 0 Å². The largest absolute Gasteiger partial charge is 0.494 e. The van der Waals surface area contributed by atoms with Gasteiger partial charge in [-0.1, -0.05) is 18.2 Å². The van der Waals surface area contributed by atoms with Crippen molar-refractivity contribution in [1.29, 1.82) is 0 Å². The van der Waals surface area contributed by atoms with E-state index in [1.165, 1.54) is 12.5 Å². The van der Waals surface area contributed by atoms with Crippen molar-refractivity contribution in [3.05, 3.63) is 54.1 Å². The molecule has 0 spiro atoms. The van der Waals surface area contributed by atoms with Gasteiger partial charge in [-0.25, -0.2) is 0 Å². The van der Waals surface area contributed by atoms with Crippen molar-refractivity contribution in [3.63, 3.8) is 0 Å². The van der Waals surface area contributed by atoms with Crippen LogP contribution in [0.15, 0.2) is 48.5 Å². The Labute approximate surface area is 131 Å². The monoisotopic (exact) mass is 298 g/mol. The van der Waals surface area contributed by atoms with Crippen LogP contribution in [0, 0.1) is 0 Å². The number of rotatable bonds is 6. The summed E-state index contributed by atoms with van der Waals surface area (Å²) in [4.78, 5) is 11.1. The maximum Gasteiger partial charge on any atom is 0.221 e. The summed E-state index contributed by atoms with van der Waals surface area (Å²) in [6.07, 6.45) is 0. The molecule has 116 valence electrons. The number of carbonyl (C=O) groups excluding carboxylic acids is 1. The number of ether oxygens (including phenoxy) is 1. The van der Waals surface area contributed by atoms with Crippen LogP contribution in [0.5, 0.6) is 5.75 Å². The molecule has 2 rings (SSSR count). The van der Waals surface area contributed by atoms with E-state index in [-0.39, 0.29) is 11.9 Å². The highest BCUT2D eigenvalue weighted by Gasteiger charge is 2.06. The average molecular weight is 298 g/mol. The Morgan fingerprint density at radius 2 is 1.82 bits per heavy atom. The lowest BCUT2D eigenvalue weighted by atomic mass is 10.1. The molecule has 0 radical (unpaired) electrons. The highest BCUT2D eigenvalue weighted by Crippen LogP contribution is 2.23. The third-order valence-electron chi connectivity index (χ3n) is 3.26. The third kappa shape index (κ3) is 4.52. The van der Waals surface area contributed by atoms with Crippen molar-refractivity contribution >= 4 is 17.3 Å². The fraction of sp³-hybridized carbons (Fsp3) is 0.278. The average Bonchev–Trinajstić information content (AvgIpc) is 2.48. The summed E-state index contributed by atoms with van der Waals surface area (Å²) in [6.45, 7) is 6.24. The molecule has 22 heavy (non-hydrogen) atoms. The molecule has 2 aromatic rings. The number of hydrogen-bond acceptors (Lipinski definition) is 3. The summed E-state index contributed by atoms with van der Waals surface area (Å²) in [5, 5.41) is 6.22. The Morgan fingerprint density at radius 1 is 1.14 bits per heavy atom. The minimum absolute atomic E-state index is 0.0725. The quantitative estimate of drug-likeness (QED) is 0.839. The van der Waals surface area contributed by atoms with Gasteiger partial charge < -0.3 is 15.4 Å². The molecule has 0 aliphatic rings. The van der Waals surface area contributed by atoms with Crippen molar-refractivity contribution in [1.82, 2.24) is 0 Å². The summed E-state index contributed by atoms with van der Waals surface area (Å²) in [6, 6.07) is 15.9. The number of hydrogen-bond donors (Lipinski definition) is 2. The van der Waals surface area contributed by atoms with E-state index >= 15 is 0 Å². The minimum Gasteiger partial charge on any atom is -0.494 e. The van der Waals surface area contributed by atoms with Crippen LogP contribution < -0.4 is 15.4 Å².